The summed E-state index contributed by atoms with van der Waals surface area (Å²) in [6.45, 7) is 7.63. The quantitative estimate of drug-likeness (QED) is 0.499. The number of nitrogens with zero attached hydrogens (tertiary/aromatic N) is 5. The normalized spacial score (nSPS) is 11.2. The Morgan fingerprint density at radius 1 is 1.41 bits per heavy atom. The molecular formula is C19H24N8O2. The van der Waals surface area contributed by atoms with Crippen LogP contribution in [0.5, 0.6) is 5.88 Å². The SMILES string of the molecule is C=NCC(C)(C)NC(=O)c1cnn2c(NC)cc(Nc3cccnc3OC)nc12. The molecule has 3 aromatic heterocycles. The summed E-state index contributed by atoms with van der Waals surface area (Å²) < 4.78 is 6.84. The Bertz CT molecular complexity index is 1040. The molecule has 1 amide bonds. The second-order valence-corrected chi connectivity index (χ2v) is 6.98. The standard InChI is InChI=1S/C19H24N8O2/c1-19(2,11-20-3)26-17(28)12-10-23-27-15(21-4)9-14(25-16(12)27)24-13-7-6-8-22-18(13)29-5/h6-10,21H,3,11H2,1-2,4-5H3,(H,24,25)(H,26,28). The van der Waals surface area contributed by atoms with Gasteiger partial charge in [-0.25, -0.2) is 9.97 Å². The molecule has 0 unspecified atom stereocenters. The first-order chi connectivity index (χ1) is 13.9. The van der Waals surface area contributed by atoms with Crippen LogP contribution in [0, 0.1) is 0 Å². The number of rotatable bonds is 8. The predicted octanol–water partition coefficient (Wildman–Crippen LogP) is 2.13. The van der Waals surface area contributed by atoms with Crippen LogP contribution in [0.3, 0.4) is 0 Å². The molecule has 0 saturated heterocycles. The molecule has 0 aromatic carbocycles. The van der Waals surface area contributed by atoms with E-state index in [1.807, 2.05) is 19.9 Å². The second kappa shape index (κ2) is 8.13. The van der Waals surface area contributed by atoms with E-state index in [0.29, 0.717) is 41.0 Å². The van der Waals surface area contributed by atoms with Gasteiger partial charge in [-0.05, 0) is 32.7 Å². The highest BCUT2D eigenvalue weighted by Crippen LogP contribution is 2.26. The zero-order chi connectivity index (χ0) is 21.0. The number of nitrogens with one attached hydrogen (secondary N) is 3. The molecule has 0 atom stereocenters. The fourth-order valence-corrected chi connectivity index (χ4v) is 2.85. The van der Waals surface area contributed by atoms with Crippen molar-refractivity contribution >= 4 is 35.6 Å². The lowest BCUT2D eigenvalue weighted by Gasteiger charge is -2.23. The lowest BCUT2D eigenvalue weighted by Crippen LogP contribution is -2.45. The van der Waals surface area contributed by atoms with Crippen molar-refractivity contribution in [3.63, 3.8) is 0 Å². The average molecular weight is 396 g/mol. The minimum atomic E-state index is -0.544. The number of hydrogen-bond acceptors (Lipinski definition) is 8. The number of carbonyl (C=O) groups is 1. The van der Waals surface area contributed by atoms with Crippen LogP contribution in [0.4, 0.5) is 17.3 Å². The Labute approximate surface area is 168 Å². The van der Waals surface area contributed by atoms with Crippen LogP contribution in [-0.4, -0.2) is 58.4 Å². The summed E-state index contributed by atoms with van der Waals surface area (Å²) in [6.07, 6.45) is 3.13. The molecule has 10 heteroatoms. The van der Waals surface area contributed by atoms with Gasteiger partial charge >= 0.3 is 0 Å². The van der Waals surface area contributed by atoms with E-state index in [9.17, 15) is 4.79 Å². The fraction of sp³-hybridized carbons (Fsp3) is 0.316. The summed E-state index contributed by atoms with van der Waals surface area (Å²) in [6, 6.07) is 5.39. The van der Waals surface area contributed by atoms with Crippen molar-refractivity contribution in [2.75, 3.05) is 31.3 Å². The summed E-state index contributed by atoms with van der Waals surface area (Å²) >= 11 is 0. The molecule has 3 heterocycles. The Morgan fingerprint density at radius 2 is 2.21 bits per heavy atom. The van der Waals surface area contributed by atoms with Crippen molar-refractivity contribution < 1.29 is 9.53 Å². The van der Waals surface area contributed by atoms with Gasteiger partial charge in [-0.15, -0.1) is 0 Å². The third kappa shape index (κ3) is 4.26. The highest BCUT2D eigenvalue weighted by molar-refractivity contribution is 6.00. The molecule has 0 spiro atoms. The van der Waals surface area contributed by atoms with Crippen LogP contribution in [0.2, 0.25) is 0 Å². The molecule has 0 fully saturated rings. The van der Waals surface area contributed by atoms with Gasteiger partial charge in [0.15, 0.2) is 5.65 Å². The molecular weight excluding hydrogens is 372 g/mol. The number of methoxy groups -OCH3 is 1. The van der Waals surface area contributed by atoms with E-state index in [-0.39, 0.29) is 5.91 Å². The number of pyridine rings is 1. The number of hydrogen-bond donors (Lipinski definition) is 3. The summed E-state index contributed by atoms with van der Waals surface area (Å²) in [5.41, 5.74) is 0.859. The number of amides is 1. The first-order valence-corrected chi connectivity index (χ1v) is 8.96. The molecule has 10 nitrogen and oxygen atoms in total. The first kappa shape index (κ1) is 20.1. The van der Waals surface area contributed by atoms with E-state index in [1.54, 1.807) is 37.0 Å². The van der Waals surface area contributed by atoms with Gasteiger partial charge in [0, 0.05) is 19.3 Å². The van der Waals surface area contributed by atoms with Crippen LogP contribution in [0.1, 0.15) is 24.2 Å². The fourth-order valence-electron chi connectivity index (χ4n) is 2.85. The Kier molecular flexibility index (Phi) is 5.62. The van der Waals surface area contributed by atoms with E-state index in [0.717, 1.165) is 0 Å². The van der Waals surface area contributed by atoms with Crippen LogP contribution in [-0.2, 0) is 0 Å². The van der Waals surface area contributed by atoms with Crippen molar-refractivity contribution in [2.45, 2.75) is 19.4 Å². The van der Waals surface area contributed by atoms with E-state index in [1.165, 1.54) is 6.20 Å². The molecule has 0 aliphatic heterocycles. The molecule has 0 aliphatic carbocycles. The van der Waals surface area contributed by atoms with Crippen molar-refractivity contribution in [1.82, 2.24) is 24.9 Å². The van der Waals surface area contributed by atoms with Crippen LogP contribution < -0.4 is 20.7 Å². The summed E-state index contributed by atoms with van der Waals surface area (Å²) in [5.74, 6) is 1.31. The van der Waals surface area contributed by atoms with Gasteiger partial charge in [0.05, 0.1) is 25.4 Å². The summed E-state index contributed by atoms with van der Waals surface area (Å²) in [4.78, 5) is 25.5. The molecule has 0 radical (unpaired) electrons. The molecule has 0 aliphatic rings. The molecule has 29 heavy (non-hydrogen) atoms. The minimum absolute atomic E-state index is 0.292. The molecule has 152 valence electrons. The van der Waals surface area contributed by atoms with Crippen molar-refractivity contribution in [3.05, 3.63) is 36.2 Å². The number of fused-ring (bicyclic) bond motifs is 1. The van der Waals surface area contributed by atoms with E-state index < -0.39 is 5.54 Å². The topological polar surface area (TPSA) is 118 Å². The Hall–Kier alpha value is -3.69. The monoisotopic (exact) mass is 396 g/mol. The number of aromatic nitrogens is 4. The van der Waals surface area contributed by atoms with E-state index in [4.69, 9.17) is 4.74 Å². The third-order valence-corrected chi connectivity index (χ3v) is 4.16. The van der Waals surface area contributed by atoms with E-state index >= 15 is 0 Å². The van der Waals surface area contributed by atoms with E-state index in [2.05, 4.69) is 42.7 Å². The van der Waals surface area contributed by atoms with Gasteiger partial charge in [-0.2, -0.15) is 9.61 Å². The average Bonchev–Trinajstić information content (AvgIpc) is 3.11. The summed E-state index contributed by atoms with van der Waals surface area (Å²) in [7, 11) is 3.31. The molecule has 3 N–H and O–H groups in total. The third-order valence-electron chi connectivity index (χ3n) is 4.16. The largest absolute Gasteiger partial charge is 0.480 e. The highest BCUT2D eigenvalue weighted by atomic mass is 16.5. The van der Waals surface area contributed by atoms with Gasteiger partial charge in [0.2, 0.25) is 5.88 Å². The Morgan fingerprint density at radius 3 is 2.90 bits per heavy atom. The second-order valence-electron chi connectivity index (χ2n) is 6.98. The van der Waals surface area contributed by atoms with Crippen molar-refractivity contribution in [3.8, 4) is 5.88 Å². The molecule has 3 rings (SSSR count). The predicted molar refractivity (Wildman–Crippen MR) is 113 cm³/mol. The highest BCUT2D eigenvalue weighted by Gasteiger charge is 2.24. The zero-order valence-corrected chi connectivity index (χ0v) is 16.9. The van der Waals surface area contributed by atoms with Gasteiger partial charge in [0.1, 0.15) is 22.9 Å². The molecule has 0 bridgehead atoms. The van der Waals surface area contributed by atoms with Gasteiger partial charge in [-0.1, -0.05) is 0 Å². The van der Waals surface area contributed by atoms with Crippen LogP contribution >= 0.6 is 0 Å². The molecule has 3 aromatic rings. The van der Waals surface area contributed by atoms with Gasteiger partial charge in [-0.3, -0.25) is 9.79 Å². The minimum Gasteiger partial charge on any atom is -0.480 e. The molecule has 0 saturated carbocycles. The first-order valence-electron chi connectivity index (χ1n) is 8.96. The zero-order valence-electron chi connectivity index (χ0n) is 16.9. The van der Waals surface area contributed by atoms with Gasteiger partial charge in [0.25, 0.3) is 5.91 Å². The van der Waals surface area contributed by atoms with Crippen LogP contribution in [0.15, 0.2) is 35.6 Å². The smallest absolute Gasteiger partial charge is 0.257 e. The maximum absolute atomic E-state index is 12.8. The maximum atomic E-state index is 12.8. The number of ether oxygens (including phenoxy) is 1. The maximum Gasteiger partial charge on any atom is 0.257 e. The summed E-state index contributed by atoms with van der Waals surface area (Å²) in [5, 5.41) is 13.5. The van der Waals surface area contributed by atoms with Crippen molar-refractivity contribution in [1.29, 1.82) is 0 Å². The number of aliphatic imine (C=N–C) groups is 1. The lowest BCUT2D eigenvalue weighted by atomic mass is 10.1. The van der Waals surface area contributed by atoms with Gasteiger partial charge < -0.3 is 20.7 Å². The Balaban J connectivity index is 2.01. The number of anilines is 3. The van der Waals surface area contributed by atoms with Crippen molar-refractivity contribution in [2.24, 2.45) is 4.99 Å². The lowest BCUT2D eigenvalue weighted by molar-refractivity contribution is 0.0917. The number of carbonyl (C=O) groups excluding carboxylic acids is 1. The van der Waals surface area contributed by atoms with Crippen LogP contribution in [0.25, 0.3) is 5.65 Å².